The number of benzene rings is 1. The van der Waals surface area contributed by atoms with Crippen LogP contribution in [0.25, 0.3) is 10.8 Å². The van der Waals surface area contributed by atoms with Gasteiger partial charge in [0.1, 0.15) is 0 Å². The first kappa shape index (κ1) is 14.7. The van der Waals surface area contributed by atoms with Gasteiger partial charge in [-0.15, -0.1) is 0 Å². The standard InChI is InChI=1S/C14H15N3O4/c1-21-11(18)7-4-8-15-14(20)12-9-5-2-3-6-10(9)13(19)17-16-12/h2-3,5-6H,4,7-8H2,1H3,(H,15,20)(H,17,19). The number of methoxy groups -OCH3 is 1. The number of nitrogens with zero attached hydrogens (tertiary/aromatic N) is 1. The molecular formula is C14H15N3O4. The molecule has 0 saturated heterocycles. The number of aromatic nitrogens is 2. The Kier molecular flexibility index (Phi) is 4.65. The number of hydrogen-bond donors (Lipinski definition) is 2. The lowest BCUT2D eigenvalue weighted by Crippen LogP contribution is -2.27. The Morgan fingerprint density at radius 1 is 1.29 bits per heavy atom. The second-order valence-electron chi connectivity index (χ2n) is 4.38. The van der Waals surface area contributed by atoms with Crippen molar-refractivity contribution in [3.63, 3.8) is 0 Å². The number of aromatic amines is 1. The van der Waals surface area contributed by atoms with Gasteiger partial charge in [-0.05, 0) is 12.5 Å². The molecule has 0 unspecified atom stereocenters. The minimum atomic E-state index is -0.396. The number of hydrogen-bond acceptors (Lipinski definition) is 5. The molecule has 2 aromatic rings. The lowest BCUT2D eigenvalue weighted by atomic mass is 10.1. The summed E-state index contributed by atoms with van der Waals surface area (Å²) in [7, 11) is 1.32. The van der Waals surface area contributed by atoms with Crippen LogP contribution in [0.2, 0.25) is 0 Å². The molecule has 1 heterocycles. The van der Waals surface area contributed by atoms with E-state index in [1.165, 1.54) is 7.11 Å². The molecule has 7 nitrogen and oxygen atoms in total. The first-order chi connectivity index (χ1) is 10.1. The second-order valence-corrected chi connectivity index (χ2v) is 4.38. The normalized spacial score (nSPS) is 10.3. The van der Waals surface area contributed by atoms with E-state index in [1.807, 2.05) is 0 Å². The maximum Gasteiger partial charge on any atom is 0.305 e. The first-order valence-corrected chi connectivity index (χ1v) is 6.46. The third-order valence-corrected chi connectivity index (χ3v) is 2.98. The molecule has 0 aliphatic heterocycles. The summed E-state index contributed by atoms with van der Waals surface area (Å²) in [6.45, 7) is 0.322. The minimum absolute atomic E-state index is 0.156. The van der Waals surface area contributed by atoms with E-state index in [0.29, 0.717) is 23.7 Å². The van der Waals surface area contributed by atoms with E-state index in [4.69, 9.17) is 0 Å². The average Bonchev–Trinajstić information content (AvgIpc) is 2.51. The van der Waals surface area contributed by atoms with Crippen molar-refractivity contribution in [1.29, 1.82) is 0 Å². The lowest BCUT2D eigenvalue weighted by molar-refractivity contribution is -0.140. The van der Waals surface area contributed by atoms with Crippen molar-refractivity contribution in [1.82, 2.24) is 15.5 Å². The number of nitrogens with one attached hydrogen (secondary N) is 2. The fourth-order valence-electron chi connectivity index (χ4n) is 1.91. The highest BCUT2D eigenvalue weighted by Crippen LogP contribution is 2.11. The van der Waals surface area contributed by atoms with Crippen LogP contribution in [0.15, 0.2) is 29.1 Å². The molecule has 0 atom stereocenters. The molecule has 7 heteroatoms. The monoisotopic (exact) mass is 289 g/mol. The van der Waals surface area contributed by atoms with E-state index in [1.54, 1.807) is 24.3 Å². The summed E-state index contributed by atoms with van der Waals surface area (Å²) in [5.74, 6) is -0.718. The van der Waals surface area contributed by atoms with Crippen LogP contribution in [0.1, 0.15) is 23.3 Å². The molecule has 1 aromatic carbocycles. The van der Waals surface area contributed by atoms with Gasteiger partial charge >= 0.3 is 5.97 Å². The smallest absolute Gasteiger partial charge is 0.305 e. The van der Waals surface area contributed by atoms with Gasteiger partial charge in [0.2, 0.25) is 0 Å². The molecule has 0 bridgehead atoms. The summed E-state index contributed by atoms with van der Waals surface area (Å²) in [6.07, 6.45) is 0.705. The van der Waals surface area contributed by atoms with Gasteiger partial charge in [0, 0.05) is 18.4 Å². The summed E-state index contributed by atoms with van der Waals surface area (Å²) in [4.78, 5) is 34.6. The van der Waals surface area contributed by atoms with E-state index in [-0.39, 0.29) is 23.6 Å². The largest absolute Gasteiger partial charge is 0.469 e. The predicted molar refractivity (Wildman–Crippen MR) is 75.9 cm³/mol. The zero-order chi connectivity index (χ0) is 15.2. The molecule has 1 amide bonds. The van der Waals surface area contributed by atoms with Crippen LogP contribution in [0.4, 0.5) is 0 Å². The quantitative estimate of drug-likeness (QED) is 0.620. The molecule has 0 saturated carbocycles. The van der Waals surface area contributed by atoms with E-state index >= 15 is 0 Å². The molecular weight excluding hydrogens is 274 g/mol. The molecule has 0 fully saturated rings. The molecule has 0 aliphatic carbocycles. The third-order valence-electron chi connectivity index (χ3n) is 2.98. The van der Waals surface area contributed by atoms with Gasteiger partial charge in [0.05, 0.1) is 12.5 Å². The van der Waals surface area contributed by atoms with Crippen LogP contribution >= 0.6 is 0 Å². The van der Waals surface area contributed by atoms with E-state index in [9.17, 15) is 14.4 Å². The number of rotatable bonds is 5. The van der Waals surface area contributed by atoms with Crippen LogP contribution < -0.4 is 10.9 Å². The van der Waals surface area contributed by atoms with Crippen LogP contribution in [0.3, 0.4) is 0 Å². The summed E-state index contributed by atoms with van der Waals surface area (Å²) >= 11 is 0. The molecule has 21 heavy (non-hydrogen) atoms. The lowest BCUT2D eigenvalue weighted by Gasteiger charge is -2.06. The van der Waals surface area contributed by atoms with Gasteiger partial charge in [-0.1, -0.05) is 18.2 Å². The predicted octanol–water partition coefficient (Wildman–Crippen LogP) is 0.606. The fraction of sp³-hybridized carbons (Fsp3) is 0.286. The number of carbonyl (C=O) groups is 2. The summed E-state index contributed by atoms with van der Waals surface area (Å²) in [6, 6.07) is 6.75. The minimum Gasteiger partial charge on any atom is -0.469 e. The van der Waals surface area contributed by atoms with Crippen LogP contribution in [-0.4, -0.2) is 35.7 Å². The zero-order valence-corrected chi connectivity index (χ0v) is 11.5. The SMILES string of the molecule is COC(=O)CCCNC(=O)c1n[nH]c(=O)c2ccccc12. The summed E-state index contributed by atoms with van der Waals surface area (Å²) < 4.78 is 4.51. The number of H-pyrrole nitrogens is 1. The maximum atomic E-state index is 12.1. The molecule has 1 aromatic heterocycles. The molecule has 110 valence electrons. The average molecular weight is 289 g/mol. The zero-order valence-electron chi connectivity index (χ0n) is 11.5. The first-order valence-electron chi connectivity index (χ1n) is 6.46. The van der Waals surface area contributed by atoms with Crippen LogP contribution in [0, 0.1) is 0 Å². The topological polar surface area (TPSA) is 101 Å². The van der Waals surface area contributed by atoms with Crippen molar-refractivity contribution in [2.75, 3.05) is 13.7 Å². The van der Waals surface area contributed by atoms with Gasteiger partial charge in [-0.3, -0.25) is 14.4 Å². The molecule has 2 N–H and O–H groups in total. The van der Waals surface area contributed by atoms with Crippen molar-refractivity contribution in [3.8, 4) is 0 Å². The van der Waals surface area contributed by atoms with Crippen molar-refractivity contribution in [2.24, 2.45) is 0 Å². The molecule has 0 radical (unpaired) electrons. The van der Waals surface area contributed by atoms with Crippen molar-refractivity contribution < 1.29 is 14.3 Å². The molecule has 0 aliphatic rings. The Balaban J connectivity index is 2.08. The number of ether oxygens (including phenoxy) is 1. The Morgan fingerprint density at radius 3 is 2.71 bits per heavy atom. The Hall–Kier alpha value is -2.70. The number of fused-ring (bicyclic) bond motifs is 1. The Bertz CT molecular complexity index is 723. The van der Waals surface area contributed by atoms with Crippen LogP contribution in [-0.2, 0) is 9.53 Å². The highest BCUT2D eigenvalue weighted by molar-refractivity contribution is 6.04. The third kappa shape index (κ3) is 3.44. The van der Waals surface area contributed by atoms with E-state index in [0.717, 1.165) is 0 Å². The molecule has 2 rings (SSSR count). The van der Waals surface area contributed by atoms with E-state index < -0.39 is 5.91 Å². The van der Waals surface area contributed by atoms with Gasteiger partial charge < -0.3 is 10.1 Å². The van der Waals surface area contributed by atoms with E-state index in [2.05, 4.69) is 20.3 Å². The second kappa shape index (κ2) is 6.65. The number of esters is 1. The van der Waals surface area contributed by atoms with Gasteiger partial charge in [0.15, 0.2) is 5.69 Å². The summed E-state index contributed by atoms with van der Waals surface area (Å²) in [5.41, 5.74) is -0.184. The van der Waals surface area contributed by atoms with Crippen molar-refractivity contribution in [2.45, 2.75) is 12.8 Å². The fourth-order valence-corrected chi connectivity index (χ4v) is 1.91. The Morgan fingerprint density at radius 2 is 2.00 bits per heavy atom. The number of carbonyl (C=O) groups excluding carboxylic acids is 2. The number of amides is 1. The van der Waals surface area contributed by atoms with Gasteiger partial charge in [-0.25, -0.2) is 5.10 Å². The van der Waals surface area contributed by atoms with Crippen molar-refractivity contribution >= 4 is 22.6 Å². The highest BCUT2D eigenvalue weighted by atomic mass is 16.5. The Labute approximate surface area is 120 Å². The van der Waals surface area contributed by atoms with Gasteiger partial charge in [0.25, 0.3) is 11.5 Å². The van der Waals surface area contributed by atoms with Gasteiger partial charge in [-0.2, -0.15) is 5.10 Å². The van der Waals surface area contributed by atoms with Crippen LogP contribution in [0.5, 0.6) is 0 Å². The highest BCUT2D eigenvalue weighted by Gasteiger charge is 2.13. The van der Waals surface area contributed by atoms with Crippen molar-refractivity contribution in [3.05, 3.63) is 40.3 Å². The molecule has 0 spiro atoms. The maximum absolute atomic E-state index is 12.1. The summed E-state index contributed by atoms with van der Waals surface area (Å²) in [5, 5.41) is 9.66.